The van der Waals surface area contributed by atoms with Gasteiger partial charge in [-0.3, -0.25) is 0 Å². The van der Waals surface area contributed by atoms with Gasteiger partial charge in [-0.15, -0.1) is 0 Å². The smallest absolute Gasteiger partial charge is 0.162 e. The van der Waals surface area contributed by atoms with Gasteiger partial charge in [0, 0.05) is 24.5 Å². The van der Waals surface area contributed by atoms with Crippen LogP contribution in [0.25, 0.3) is 11.4 Å². The Morgan fingerprint density at radius 1 is 1.36 bits per heavy atom. The van der Waals surface area contributed by atoms with E-state index in [2.05, 4.69) is 15.3 Å². The minimum Gasteiger partial charge on any atom is -0.472 e. The summed E-state index contributed by atoms with van der Waals surface area (Å²) in [5, 5.41) is 3.04. The van der Waals surface area contributed by atoms with Gasteiger partial charge >= 0.3 is 0 Å². The second kappa shape index (κ2) is 4.02. The Kier molecular flexibility index (Phi) is 2.55. The fourth-order valence-electron chi connectivity index (χ4n) is 1.19. The normalized spacial score (nSPS) is 10.4. The van der Waals surface area contributed by atoms with Crippen molar-refractivity contribution in [2.45, 2.75) is 6.54 Å². The minimum absolute atomic E-state index is 0.693. The summed E-state index contributed by atoms with van der Waals surface area (Å²) < 4.78 is 4.95. The van der Waals surface area contributed by atoms with Crippen molar-refractivity contribution in [1.82, 2.24) is 15.3 Å². The van der Waals surface area contributed by atoms with Crippen LogP contribution in [0.5, 0.6) is 0 Å². The van der Waals surface area contributed by atoms with Gasteiger partial charge in [0.15, 0.2) is 5.82 Å². The van der Waals surface area contributed by atoms with E-state index < -0.39 is 0 Å². The molecule has 0 amide bonds. The lowest BCUT2D eigenvalue weighted by Gasteiger charge is -1.99. The van der Waals surface area contributed by atoms with Gasteiger partial charge in [0.1, 0.15) is 6.26 Å². The molecule has 2 aromatic rings. The first-order valence-electron chi connectivity index (χ1n) is 4.38. The first kappa shape index (κ1) is 8.90. The van der Waals surface area contributed by atoms with Crippen LogP contribution >= 0.6 is 0 Å². The van der Waals surface area contributed by atoms with E-state index >= 15 is 0 Å². The van der Waals surface area contributed by atoms with Gasteiger partial charge in [-0.05, 0) is 13.1 Å². The number of nitrogens with one attached hydrogen (secondary N) is 1. The molecule has 0 fully saturated rings. The van der Waals surface area contributed by atoms with Crippen molar-refractivity contribution in [3.05, 3.63) is 36.5 Å². The third-order valence-corrected chi connectivity index (χ3v) is 1.87. The molecule has 72 valence electrons. The van der Waals surface area contributed by atoms with Crippen molar-refractivity contribution in [3.8, 4) is 11.4 Å². The van der Waals surface area contributed by atoms with Gasteiger partial charge in [-0.1, -0.05) is 0 Å². The molecule has 4 nitrogen and oxygen atoms in total. The fourth-order valence-corrected chi connectivity index (χ4v) is 1.19. The largest absolute Gasteiger partial charge is 0.472 e. The second-order valence-corrected chi connectivity index (χ2v) is 2.96. The summed E-state index contributed by atoms with van der Waals surface area (Å²) in [6, 6.07) is 1.84. The van der Waals surface area contributed by atoms with E-state index in [0.29, 0.717) is 5.82 Å². The molecule has 0 saturated carbocycles. The zero-order chi connectivity index (χ0) is 9.80. The Labute approximate surface area is 82.0 Å². The van der Waals surface area contributed by atoms with E-state index in [1.807, 2.05) is 25.5 Å². The Morgan fingerprint density at radius 3 is 2.71 bits per heavy atom. The van der Waals surface area contributed by atoms with Crippen molar-refractivity contribution in [2.24, 2.45) is 0 Å². The quantitative estimate of drug-likeness (QED) is 0.794. The minimum atomic E-state index is 0.693. The molecule has 0 aromatic carbocycles. The number of aromatic nitrogens is 2. The van der Waals surface area contributed by atoms with E-state index in [1.54, 1.807) is 12.5 Å². The van der Waals surface area contributed by atoms with Crippen molar-refractivity contribution < 1.29 is 4.42 Å². The maximum atomic E-state index is 4.95. The number of furan rings is 1. The van der Waals surface area contributed by atoms with Gasteiger partial charge < -0.3 is 9.73 Å². The predicted molar refractivity (Wildman–Crippen MR) is 52.5 cm³/mol. The second-order valence-electron chi connectivity index (χ2n) is 2.96. The average Bonchev–Trinajstić information content (AvgIpc) is 2.72. The average molecular weight is 189 g/mol. The highest BCUT2D eigenvalue weighted by Crippen LogP contribution is 2.13. The zero-order valence-corrected chi connectivity index (χ0v) is 7.90. The molecule has 2 heterocycles. The molecule has 1 N–H and O–H groups in total. The number of hydrogen-bond acceptors (Lipinski definition) is 4. The zero-order valence-electron chi connectivity index (χ0n) is 7.90. The molecule has 0 radical (unpaired) electrons. The SMILES string of the molecule is CNCc1cnc(-c2ccoc2)nc1. The van der Waals surface area contributed by atoms with E-state index in [1.165, 1.54) is 0 Å². The van der Waals surface area contributed by atoms with Crippen LogP contribution in [0.3, 0.4) is 0 Å². The molecule has 0 atom stereocenters. The molecule has 0 aliphatic carbocycles. The van der Waals surface area contributed by atoms with Crippen LogP contribution < -0.4 is 5.32 Å². The standard InChI is InChI=1S/C10H11N3O/c1-11-4-8-5-12-10(13-6-8)9-2-3-14-7-9/h2-3,5-7,11H,4H2,1H3. The lowest BCUT2D eigenvalue weighted by molar-refractivity contribution is 0.568. The molecule has 14 heavy (non-hydrogen) atoms. The lowest BCUT2D eigenvalue weighted by Crippen LogP contribution is -2.05. The highest BCUT2D eigenvalue weighted by Gasteiger charge is 2.01. The fraction of sp³-hybridized carbons (Fsp3) is 0.200. The van der Waals surface area contributed by atoms with Crippen LogP contribution in [0.4, 0.5) is 0 Å². The Balaban J connectivity index is 2.22. The monoisotopic (exact) mass is 189 g/mol. The van der Waals surface area contributed by atoms with Gasteiger partial charge in [0.05, 0.1) is 11.8 Å². The molecule has 2 rings (SSSR count). The summed E-state index contributed by atoms with van der Waals surface area (Å²) in [4.78, 5) is 8.46. The van der Waals surface area contributed by atoms with Crippen LogP contribution in [0, 0.1) is 0 Å². The van der Waals surface area contributed by atoms with Gasteiger partial charge in [0.2, 0.25) is 0 Å². The summed E-state index contributed by atoms with van der Waals surface area (Å²) in [6.07, 6.45) is 6.87. The van der Waals surface area contributed by atoms with Crippen LogP contribution in [0.2, 0.25) is 0 Å². The van der Waals surface area contributed by atoms with Gasteiger partial charge in [0.25, 0.3) is 0 Å². The first-order chi connectivity index (χ1) is 6.90. The van der Waals surface area contributed by atoms with Crippen LogP contribution in [0.1, 0.15) is 5.56 Å². The highest BCUT2D eigenvalue weighted by atomic mass is 16.3. The molecule has 0 aliphatic heterocycles. The Bertz CT molecular complexity index is 380. The molecule has 0 saturated heterocycles. The van der Waals surface area contributed by atoms with Crippen molar-refractivity contribution in [3.63, 3.8) is 0 Å². The van der Waals surface area contributed by atoms with Crippen LogP contribution in [-0.4, -0.2) is 17.0 Å². The third-order valence-electron chi connectivity index (χ3n) is 1.87. The van der Waals surface area contributed by atoms with E-state index in [4.69, 9.17) is 4.42 Å². The van der Waals surface area contributed by atoms with E-state index in [9.17, 15) is 0 Å². The van der Waals surface area contributed by atoms with E-state index in [0.717, 1.165) is 17.7 Å². The van der Waals surface area contributed by atoms with Crippen molar-refractivity contribution >= 4 is 0 Å². The number of nitrogens with zero attached hydrogens (tertiary/aromatic N) is 2. The summed E-state index contributed by atoms with van der Waals surface area (Å²) >= 11 is 0. The molecular weight excluding hydrogens is 178 g/mol. The molecule has 0 aliphatic rings. The maximum Gasteiger partial charge on any atom is 0.162 e. The number of rotatable bonds is 3. The third kappa shape index (κ3) is 1.80. The maximum absolute atomic E-state index is 4.95. The summed E-state index contributed by atoms with van der Waals surface area (Å²) in [5.74, 6) is 0.693. The van der Waals surface area contributed by atoms with Gasteiger partial charge in [-0.2, -0.15) is 0 Å². The lowest BCUT2D eigenvalue weighted by atomic mass is 10.3. The summed E-state index contributed by atoms with van der Waals surface area (Å²) in [6.45, 7) is 0.783. The van der Waals surface area contributed by atoms with Crippen LogP contribution in [-0.2, 0) is 6.54 Å². The summed E-state index contributed by atoms with van der Waals surface area (Å²) in [7, 11) is 1.89. The predicted octanol–water partition coefficient (Wildman–Crippen LogP) is 1.46. The van der Waals surface area contributed by atoms with Gasteiger partial charge in [-0.25, -0.2) is 9.97 Å². The van der Waals surface area contributed by atoms with Crippen molar-refractivity contribution in [2.75, 3.05) is 7.05 Å². The van der Waals surface area contributed by atoms with Crippen LogP contribution in [0.15, 0.2) is 35.4 Å². The molecule has 2 aromatic heterocycles. The molecule has 0 bridgehead atoms. The molecule has 0 unspecified atom stereocenters. The molecule has 4 heteroatoms. The summed E-state index contributed by atoms with van der Waals surface area (Å²) in [5.41, 5.74) is 1.97. The number of hydrogen-bond donors (Lipinski definition) is 1. The molecular formula is C10H11N3O. The van der Waals surface area contributed by atoms with Crippen molar-refractivity contribution in [1.29, 1.82) is 0 Å². The van der Waals surface area contributed by atoms with E-state index in [-0.39, 0.29) is 0 Å². The first-order valence-corrected chi connectivity index (χ1v) is 4.38. The Hall–Kier alpha value is -1.68. The highest BCUT2D eigenvalue weighted by molar-refractivity contribution is 5.51. The topological polar surface area (TPSA) is 51.0 Å². The molecule has 0 spiro atoms. The Morgan fingerprint density at radius 2 is 2.14 bits per heavy atom.